The number of hydrogen-bond donors (Lipinski definition) is 1. The number of nitrogens with one attached hydrogen (secondary N) is 1. The van der Waals surface area contributed by atoms with Gasteiger partial charge >= 0.3 is 0 Å². The minimum absolute atomic E-state index is 0.583. The van der Waals surface area contributed by atoms with Crippen molar-refractivity contribution in [1.82, 2.24) is 14.8 Å². The molecule has 0 aliphatic carbocycles. The molecule has 1 heterocycles. The molecule has 0 aliphatic heterocycles. The first kappa shape index (κ1) is 13.3. The molecule has 0 unspecified atom stereocenters. The summed E-state index contributed by atoms with van der Waals surface area (Å²) in [5, 5.41) is 7.26. The van der Waals surface area contributed by atoms with Gasteiger partial charge in [0.25, 0.3) is 0 Å². The normalized spacial score (nSPS) is 10.7. The Morgan fingerprint density at radius 2 is 1.90 bits per heavy atom. The number of aromatic amines is 1. The second-order valence-corrected chi connectivity index (χ2v) is 5.75. The van der Waals surface area contributed by atoms with Gasteiger partial charge in [-0.15, -0.1) is 0 Å². The number of rotatable bonds is 2. The zero-order valence-corrected chi connectivity index (χ0v) is 13.2. The molecule has 2 aromatic carbocycles. The first-order valence-electron chi connectivity index (χ1n) is 6.16. The molecule has 3 rings (SSSR count). The molecule has 0 fully saturated rings. The lowest BCUT2D eigenvalue weighted by Gasteiger charge is -2.09. The van der Waals surface area contributed by atoms with Gasteiger partial charge in [-0.1, -0.05) is 45.8 Å². The number of benzene rings is 2. The Morgan fingerprint density at radius 3 is 2.65 bits per heavy atom. The Labute approximate surface area is 130 Å². The molecule has 0 radical (unpaired) electrons. The smallest absolute Gasteiger partial charge is 0.200 e. The van der Waals surface area contributed by atoms with Crippen LogP contribution in [0, 0.1) is 11.7 Å². The summed E-state index contributed by atoms with van der Waals surface area (Å²) < 4.78 is 3.52. The molecule has 0 atom stereocenters. The van der Waals surface area contributed by atoms with Gasteiger partial charge in [-0.2, -0.15) is 5.10 Å². The molecule has 0 spiro atoms. The van der Waals surface area contributed by atoms with Gasteiger partial charge in [0.2, 0.25) is 0 Å². The van der Waals surface area contributed by atoms with Gasteiger partial charge in [-0.3, -0.25) is 9.67 Å². The molecule has 3 nitrogen and oxygen atoms in total. The highest BCUT2D eigenvalue weighted by Crippen LogP contribution is 2.29. The van der Waals surface area contributed by atoms with Crippen LogP contribution in [-0.2, 0) is 0 Å². The Kier molecular flexibility index (Phi) is 3.54. The Balaban J connectivity index is 2.27. The molecule has 100 valence electrons. The van der Waals surface area contributed by atoms with Gasteiger partial charge in [0.05, 0.1) is 0 Å². The fourth-order valence-electron chi connectivity index (χ4n) is 2.10. The van der Waals surface area contributed by atoms with Crippen LogP contribution in [0.25, 0.3) is 17.1 Å². The summed E-state index contributed by atoms with van der Waals surface area (Å²) in [5.74, 6) is 0.803. The maximum absolute atomic E-state index is 5.36. The second kappa shape index (κ2) is 5.34. The van der Waals surface area contributed by atoms with E-state index in [4.69, 9.17) is 12.2 Å². The maximum atomic E-state index is 5.36. The first-order chi connectivity index (χ1) is 9.66. The highest BCUT2D eigenvalue weighted by Gasteiger charge is 2.13. The van der Waals surface area contributed by atoms with Gasteiger partial charge in [-0.05, 0) is 43.4 Å². The van der Waals surface area contributed by atoms with Crippen molar-refractivity contribution in [3.63, 3.8) is 0 Å². The molecule has 20 heavy (non-hydrogen) atoms. The van der Waals surface area contributed by atoms with E-state index < -0.39 is 0 Å². The van der Waals surface area contributed by atoms with Crippen molar-refractivity contribution < 1.29 is 0 Å². The number of aryl methyl sites for hydroxylation is 1. The lowest BCUT2D eigenvalue weighted by molar-refractivity contribution is 1.04. The van der Waals surface area contributed by atoms with Crippen LogP contribution in [0.3, 0.4) is 0 Å². The fourth-order valence-corrected chi connectivity index (χ4v) is 2.77. The van der Waals surface area contributed by atoms with Crippen LogP contribution in [0.1, 0.15) is 5.56 Å². The van der Waals surface area contributed by atoms with Crippen LogP contribution in [0.2, 0.25) is 0 Å². The van der Waals surface area contributed by atoms with E-state index in [0.29, 0.717) is 4.77 Å². The number of nitrogens with zero attached hydrogens (tertiary/aromatic N) is 2. The molecule has 0 saturated carbocycles. The Morgan fingerprint density at radius 1 is 1.15 bits per heavy atom. The minimum Gasteiger partial charge on any atom is -0.268 e. The first-order valence-corrected chi connectivity index (χ1v) is 7.36. The third kappa shape index (κ3) is 2.34. The summed E-state index contributed by atoms with van der Waals surface area (Å²) in [4.78, 5) is 0. The number of H-pyrrole nitrogens is 1. The van der Waals surface area contributed by atoms with E-state index in [1.807, 2.05) is 41.0 Å². The summed E-state index contributed by atoms with van der Waals surface area (Å²) in [6.07, 6.45) is 0. The molecule has 5 heteroatoms. The molecule has 3 aromatic rings. The van der Waals surface area contributed by atoms with Crippen LogP contribution in [-0.4, -0.2) is 14.8 Å². The van der Waals surface area contributed by atoms with Crippen molar-refractivity contribution in [3.8, 4) is 17.1 Å². The quantitative estimate of drug-likeness (QED) is 0.684. The second-order valence-electron chi connectivity index (χ2n) is 4.51. The molecular weight excluding hydrogens is 334 g/mol. The standard InChI is InChI=1S/C15H12BrN3S/c1-10-7-8-13(16)12(9-10)14-17-18-15(20)19(14)11-5-3-2-4-6-11/h2-9H,1H3,(H,18,20). The number of halogens is 1. The number of aromatic nitrogens is 3. The SMILES string of the molecule is Cc1ccc(Br)c(-c2n[nH]c(=S)n2-c2ccccc2)c1. The Bertz CT molecular complexity index is 805. The van der Waals surface area contributed by atoms with Crippen LogP contribution in [0.4, 0.5) is 0 Å². The maximum Gasteiger partial charge on any atom is 0.200 e. The van der Waals surface area contributed by atoms with Crippen LogP contribution < -0.4 is 0 Å². The molecule has 0 bridgehead atoms. The van der Waals surface area contributed by atoms with Gasteiger partial charge in [-0.25, -0.2) is 0 Å². The largest absolute Gasteiger partial charge is 0.268 e. The third-order valence-corrected chi connectivity index (χ3v) is 4.01. The van der Waals surface area contributed by atoms with E-state index in [1.165, 1.54) is 5.56 Å². The summed E-state index contributed by atoms with van der Waals surface area (Å²) in [6.45, 7) is 2.06. The highest BCUT2D eigenvalue weighted by atomic mass is 79.9. The molecule has 0 aliphatic rings. The van der Waals surface area contributed by atoms with Gasteiger partial charge < -0.3 is 0 Å². The van der Waals surface area contributed by atoms with E-state index in [-0.39, 0.29) is 0 Å². The van der Waals surface area contributed by atoms with Gasteiger partial charge in [0.1, 0.15) is 0 Å². The van der Waals surface area contributed by atoms with Crippen LogP contribution in [0.5, 0.6) is 0 Å². The predicted molar refractivity (Wildman–Crippen MR) is 86.6 cm³/mol. The third-order valence-electron chi connectivity index (χ3n) is 3.05. The summed E-state index contributed by atoms with van der Waals surface area (Å²) >= 11 is 8.94. The van der Waals surface area contributed by atoms with Gasteiger partial charge in [0.15, 0.2) is 10.6 Å². The summed E-state index contributed by atoms with van der Waals surface area (Å²) in [6, 6.07) is 16.2. The zero-order chi connectivity index (χ0) is 14.1. The summed E-state index contributed by atoms with van der Waals surface area (Å²) in [5.41, 5.74) is 3.19. The van der Waals surface area contributed by atoms with Crippen LogP contribution in [0.15, 0.2) is 53.0 Å². The molecule has 0 saturated heterocycles. The number of hydrogen-bond acceptors (Lipinski definition) is 2. The average Bonchev–Trinajstić information content (AvgIpc) is 2.84. The topological polar surface area (TPSA) is 33.6 Å². The van der Waals surface area contributed by atoms with E-state index in [9.17, 15) is 0 Å². The Hall–Kier alpha value is -1.72. The lowest BCUT2D eigenvalue weighted by Crippen LogP contribution is -1.98. The van der Waals surface area contributed by atoms with Crippen molar-refractivity contribution in [2.24, 2.45) is 0 Å². The molecular formula is C15H12BrN3S. The van der Waals surface area contributed by atoms with Gasteiger partial charge in [0, 0.05) is 15.7 Å². The zero-order valence-electron chi connectivity index (χ0n) is 10.8. The van der Waals surface area contributed by atoms with E-state index in [0.717, 1.165) is 21.5 Å². The van der Waals surface area contributed by atoms with E-state index in [2.05, 4.69) is 45.2 Å². The minimum atomic E-state index is 0.583. The molecule has 0 amide bonds. The monoisotopic (exact) mass is 345 g/mol. The fraction of sp³-hybridized carbons (Fsp3) is 0.0667. The van der Waals surface area contributed by atoms with Crippen molar-refractivity contribution in [2.75, 3.05) is 0 Å². The molecule has 1 aromatic heterocycles. The van der Waals surface area contributed by atoms with Crippen molar-refractivity contribution in [1.29, 1.82) is 0 Å². The van der Waals surface area contributed by atoms with Crippen molar-refractivity contribution >= 4 is 28.1 Å². The van der Waals surface area contributed by atoms with Crippen LogP contribution >= 0.6 is 28.1 Å². The van der Waals surface area contributed by atoms with Crippen molar-refractivity contribution in [2.45, 2.75) is 6.92 Å². The predicted octanol–water partition coefficient (Wildman–Crippen LogP) is 4.67. The van der Waals surface area contributed by atoms with Crippen molar-refractivity contribution in [3.05, 3.63) is 63.3 Å². The highest BCUT2D eigenvalue weighted by molar-refractivity contribution is 9.10. The average molecular weight is 346 g/mol. The lowest BCUT2D eigenvalue weighted by atomic mass is 10.1. The van der Waals surface area contributed by atoms with E-state index >= 15 is 0 Å². The summed E-state index contributed by atoms with van der Waals surface area (Å²) in [7, 11) is 0. The van der Waals surface area contributed by atoms with E-state index in [1.54, 1.807) is 0 Å². The molecule has 1 N–H and O–H groups in total. The number of para-hydroxylation sites is 1.